The first kappa shape index (κ1) is 18.0. The zero-order valence-corrected chi connectivity index (χ0v) is 12.7. The molecule has 4 nitrogen and oxygen atoms in total. The van der Waals surface area contributed by atoms with E-state index in [0.29, 0.717) is 23.2 Å². The van der Waals surface area contributed by atoms with Gasteiger partial charge in [-0.15, -0.1) is 0 Å². The standard InChI is InChI=1S/C15H29NO3/c1-4-7-8-9-10-14(17)13-16(5-2,6-3)12-11-15(18)19/h13H,4-12H2,1-3H3,(H-,17,18,19)/b14-13-. The van der Waals surface area contributed by atoms with E-state index in [-0.39, 0.29) is 6.42 Å². The molecular formula is C15H29NO3. The fourth-order valence-electron chi connectivity index (χ4n) is 2.21. The van der Waals surface area contributed by atoms with Gasteiger partial charge in [0.2, 0.25) is 0 Å². The molecule has 1 N–H and O–H groups in total. The molecule has 0 aliphatic carbocycles. The van der Waals surface area contributed by atoms with E-state index in [9.17, 15) is 15.0 Å². The molecule has 19 heavy (non-hydrogen) atoms. The van der Waals surface area contributed by atoms with Crippen molar-refractivity contribution in [2.75, 3.05) is 19.6 Å². The number of carbonyl (C=O) groups is 1. The van der Waals surface area contributed by atoms with Crippen LogP contribution in [0.1, 0.15) is 59.3 Å². The highest BCUT2D eigenvalue weighted by Gasteiger charge is 2.21. The number of carboxylic acid groups (broad SMARTS) is 1. The van der Waals surface area contributed by atoms with Crippen LogP contribution in [0.2, 0.25) is 0 Å². The molecule has 0 heterocycles. The highest BCUT2D eigenvalue weighted by molar-refractivity contribution is 5.64. The minimum absolute atomic E-state index is 0.0291. The monoisotopic (exact) mass is 271 g/mol. The van der Waals surface area contributed by atoms with Crippen molar-refractivity contribution < 1.29 is 19.5 Å². The average molecular weight is 271 g/mol. The average Bonchev–Trinajstić information content (AvgIpc) is 2.39. The van der Waals surface area contributed by atoms with Crippen molar-refractivity contribution in [1.82, 2.24) is 0 Å². The number of aliphatic hydroxyl groups excluding tert-OH is 1. The van der Waals surface area contributed by atoms with Crippen LogP contribution < -0.4 is 5.11 Å². The summed E-state index contributed by atoms with van der Waals surface area (Å²) in [6, 6.07) is 0. The van der Waals surface area contributed by atoms with Crippen LogP contribution in [0.4, 0.5) is 0 Å². The summed E-state index contributed by atoms with van der Waals surface area (Å²) in [6.07, 6.45) is 7.04. The van der Waals surface area contributed by atoms with Crippen molar-refractivity contribution in [2.45, 2.75) is 59.3 Å². The molecule has 0 rings (SSSR count). The maximum absolute atomic E-state index is 10.6. The smallest absolute Gasteiger partial charge is 0.145 e. The number of carboxylic acids is 1. The molecule has 0 spiro atoms. The van der Waals surface area contributed by atoms with Crippen molar-refractivity contribution in [3.05, 3.63) is 12.0 Å². The van der Waals surface area contributed by atoms with Gasteiger partial charge in [0.15, 0.2) is 0 Å². The third-order valence-electron chi connectivity index (χ3n) is 3.73. The van der Waals surface area contributed by atoms with Gasteiger partial charge in [-0.1, -0.05) is 26.2 Å². The Kier molecular flexibility index (Phi) is 9.31. The molecule has 112 valence electrons. The van der Waals surface area contributed by atoms with Crippen LogP contribution in [0.15, 0.2) is 12.0 Å². The number of allylic oxidation sites excluding steroid dienone is 1. The summed E-state index contributed by atoms with van der Waals surface area (Å²) in [5, 5.41) is 20.6. The van der Waals surface area contributed by atoms with Crippen LogP contribution in [-0.2, 0) is 4.79 Å². The molecule has 0 aliphatic heterocycles. The summed E-state index contributed by atoms with van der Waals surface area (Å²) in [4.78, 5) is 10.6. The quantitative estimate of drug-likeness (QED) is 0.356. The van der Waals surface area contributed by atoms with Gasteiger partial charge in [-0.2, -0.15) is 0 Å². The summed E-state index contributed by atoms with van der Waals surface area (Å²) in [5.74, 6) is -0.640. The largest absolute Gasteiger partial charge is 0.550 e. The molecule has 0 unspecified atom stereocenters. The minimum atomic E-state index is -1.03. The van der Waals surface area contributed by atoms with Gasteiger partial charge < -0.3 is 15.0 Å². The number of aliphatic carboxylic acids is 1. The van der Waals surface area contributed by atoms with E-state index < -0.39 is 5.97 Å². The summed E-state index contributed by atoms with van der Waals surface area (Å²) < 4.78 is 0.508. The zero-order chi connectivity index (χ0) is 14.7. The van der Waals surface area contributed by atoms with E-state index in [4.69, 9.17) is 0 Å². The van der Waals surface area contributed by atoms with Crippen LogP contribution in [-0.4, -0.2) is 35.2 Å². The van der Waals surface area contributed by atoms with Gasteiger partial charge in [-0.25, -0.2) is 0 Å². The minimum Gasteiger partial charge on any atom is -0.550 e. The number of nitrogens with zero attached hydrogens (tertiary/aromatic N) is 1. The molecule has 0 radical (unpaired) electrons. The Balaban J connectivity index is 4.46. The molecule has 4 heteroatoms. The summed E-state index contributed by atoms with van der Waals surface area (Å²) in [6.45, 7) is 8.23. The Morgan fingerprint density at radius 1 is 1.11 bits per heavy atom. The summed E-state index contributed by atoms with van der Waals surface area (Å²) >= 11 is 0. The topological polar surface area (TPSA) is 60.4 Å². The number of aliphatic hydroxyl groups is 1. The molecule has 0 saturated heterocycles. The lowest BCUT2D eigenvalue weighted by Gasteiger charge is -2.33. The van der Waals surface area contributed by atoms with Gasteiger partial charge in [0.05, 0.1) is 19.6 Å². The van der Waals surface area contributed by atoms with E-state index >= 15 is 0 Å². The third-order valence-corrected chi connectivity index (χ3v) is 3.73. The second-order valence-electron chi connectivity index (χ2n) is 5.13. The Morgan fingerprint density at radius 3 is 2.21 bits per heavy atom. The summed E-state index contributed by atoms with van der Waals surface area (Å²) in [7, 11) is 0. The van der Waals surface area contributed by atoms with Gasteiger partial charge in [0, 0.05) is 18.8 Å². The van der Waals surface area contributed by atoms with E-state index in [0.717, 1.165) is 25.9 Å². The maximum atomic E-state index is 10.6. The number of hydrogen-bond acceptors (Lipinski definition) is 3. The van der Waals surface area contributed by atoms with Crippen LogP contribution in [0.3, 0.4) is 0 Å². The Morgan fingerprint density at radius 2 is 1.74 bits per heavy atom. The third kappa shape index (κ3) is 7.88. The first-order valence-corrected chi connectivity index (χ1v) is 7.46. The predicted octanol–water partition coefficient (Wildman–Crippen LogP) is 2.35. The van der Waals surface area contributed by atoms with Crippen LogP contribution >= 0.6 is 0 Å². The number of quaternary nitrogens is 1. The van der Waals surface area contributed by atoms with Crippen molar-refractivity contribution in [2.24, 2.45) is 0 Å². The summed E-state index contributed by atoms with van der Waals surface area (Å²) in [5.41, 5.74) is 0. The molecule has 0 amide bonds. The van der Waals surface area contributed by atoms with Crippen molar-refractivity contribution in [3.8, 4) is 0 Å². The molecule has 0 fully saturated rings. The predicted molar refractivity (Wildman–Crippen MR) is 75.3 cm³/mol. The fraction of sp³-hybridized carbons (Fsp3) is 0.800. The molecule has 0 saturated carbocycles. The SMILES string of the molecule is CCCCCC/C(O)=C/[N+](CC)(CC)CCC(=O)[O-]. The molecule has 0 aromatic carbocycles. The van der Waals surface area contributed by atoms with Crippen LogP contribution in [0, 0.1) is 0 Å². The number of hydrogen-bond donors (Lipinski definition) is 1. The van der Waals surface area contributed by atoms with Crippen LogP contribution in [0.5, 0.6) is 0 Å². The Bertz CT molecular complexity index is 283. The van der Waals surface area contributed by atoms with Crippen LogP contribution in [0.25, 0.3) is 0 Å². The molecule has 0 atom stereocenters. The second kappa shape index (κ2) is 9.84. The highest BCUT2D eigenvalue weighted by Crippen LogP contribution is 2.15. The number of unbranched alkanes of at least 4 members (excludes halogenated alkanes) is 3. The highest BCUT2D eigenvalue weighted by atomic mass is 16.4. The maximum Gasteiger partial charge on any atom is 0.145 e. The fourth-order valence-corrected chi connectivity index (χ4v) is 2.21. The molecule has 0 aromatic rings. The van der Waals surface area contributed by atoms with E-state index in [1.54, 1.807) is 0 Å². The number of rotatable bonds is 11. The van der Waals surface area contributed by atoms with Gasteiger partial charge in [0.1, 0.15) is 12.0 Å². The lowest BCUT2D eigenvalue weighted by molar-refractivity contribution is -0.876. The molecule has 0 aromatic heterocycles. The second-order valence-corrected chi connectivity index (χ2v) is 5.13. The van der Waals surface area contributed by atoms with Crippen molar-refractivity contribution >= 4 is 5.97 Å². The molecule has 0 aliphatic rings. The van der Waals surface area contributed by atoms with Gasteiger partial charge in [-0.05, 0) is 20.3 Å². The van der Waals surface area contributed by atoms with Crippen molar-refractivity contribution in [3.63, 3.8) is 0 Å². The Hall–Kier alpha value is -1.03. The van der Waals surface area contributed by atoms with Gasteiger partial charge in [-0.3, -0.25) is 4.48 Å². The van der Waals surface area contributed by atoms with Crippen molar-refractivity contribution in [1.29, 1.82) is 0 Å². The van der Waals surface area contributed by atoms with E-state index in [1.807, 2.05) is 20.0 Å². The molecule has 0 bridgehead atoms. The lowest BCUT2D eigenvalue weighted by atomic mass is 10.1. The first-order valence-electron chi connectivity index (χ1n) is 7.46. The van der Waals surface area contributed by atoms with Gasteiger partial charge in [0.25, 0.3) is 0 Å². The van der Waals surface area contributed by atoms with Gasteiger partial charge >= 0.3 is 0 Å². The Labute approximate surface area is 117 Å². The number of carbonyl (C=O) groups excluding carboxylic acids is 1. The normalized spacial score (nSPS) is 12.7. The van der Waals surface area contributed by atoms with E-state index in [2.05, 4.69) is 6.92 Å². The van der Waals surface area contributed by atoms with E-state index in [1.165, 1.54) is 12.8 Å². The lowest BCUT2D eigenvalue weighted by Crippen LogP contribution is -2.45. The zero-order valence-electron chi connectivity index (χ0n) is 12.7. The first-order chi connectivity index (χ1) is 8.99. The molecular weight excluding hydrogens is 242 g/mol.